The molecule has 1 aliphatic heterocycles. The van der Waals surface area contributed by atoms with Crippen LogP contribution in [0.25, 0.3) is 0 Å². The molecule has 0 spiro atoms. The standard InChI is InChI=1S/C23H30N2O2/c1-26-22-16-20(10-11-21(22)27-17-18-6-3-2-4-7-18)23(19-8-5-9-19)25-14-12-24-13-15-25/h2-4,6-7,10-11,16,19,23-24H,5,8-9,12-15,17H2,1H3/t23-/m0/s1. The third-order valence-electron chi connectivity index (χ3n) is 5.91. The molecule has 1 aliphatic carbocycles. The smallest absolute Gasteiger partial charge is 0.161 e. The molecule has 4 heteroatoms. The largest absolute Gasteiger partial charge is 0.493 e. The normalized spacial score (nSPS) is 19.3. The van der Waals surface area contributed by atoms with Crippen molar-refractivity contribution in [1.82, 2.24) is 10.2 Å². The van der Waals surface area contributed by atoms with E-state index in [2.05, 4.69) is 40.5 Å². The van der Waals surface area contributed by atoms with Crippen molar-refractivity contribution in [3.05, 3.63) is 59.7 Å². The van der Waals surface area contributed by atoms with Gasteiger partial charge in [0.15, 0.2) is 11.5 Å². The highest BCUT2D eigenvalue weighted by Gasteiger charge is 2.34. The summed E-state index contributed by atoms with van der Waals surface area (Å²) in [5.74, 6) is 2.42. The average Bonchev–Trinajstić information content (AvgIpc) is 2.70. The molecule has 0 aromatic heterocycles. The van der Waals surface area contributed by atoms with Crippen molar-refractivity contribution >= 4 is 0 Å². The molecular formula is C23H30N2O2. The Morgan fingerprint density at radius 3 is 2.48 bits per heavy atom. The number of ether oxygens (including phenoxy) is 2. The number of methoxy groups -OCH3 is 1. The molecule has 2 aliphatic rings. The van der Waals surface area contributed by atoms with Crippen LogP contribution in [0.2, 0.25) is 0 Å². The fraction of sp³-hybridized carbons (Fsp3) is 0.478. The minimum atomic E-state index is 0.498. The van der Waals surface area contributed by atoms with Crippen molar-refractivity contribution in [2.45, 2.75) is 31.9 Å². The van der Waals surface area contributed by atoms with Crippen LogP contribution in [0.5, 0.6) is 11.5 Å². The van der Waals surface area contributed by atoms with E-state index in [4.69, 9.17) is 9.47 Å². The Morgan fingerprint density at radius 2 is 1.81 bits per heavy atom. The van der Waals surface area contributed by atoms with Gasteiger partial charge < -0.3 is 14.8 Å². The zero-order chi connectivity index (χ0) is 18.5. The summed E-state index contributed by atoms with van der Waals surface area (Å²) in [6.07, 6.45) is 4.04. The van der Waals surface area contributed by atoms with Crippen LogP contribution < -0.4 is 14.8 Å². The van der Waals surface area contributed by atoms with Gasteiger partial charge >= 0.3 is 0 Å². The zero-order valence-electron chi connectivity index (χ0n) is 16.2. The van der Waals surface area contributed by atoms with Gasteiger partial charge in [-0.1, -0.05) is 42.8 Å². The molecule has 1 heterocycles. The van der Waals surface area contributed by atoms with E-state index in [1.807, 2.05) is 18.2 Å². The van der Waals surface area contributed by atoms with E-state index < -0.39 is 0 Å². The maximum atomic E-state index is 6.05. The Balaban J connectivity index is 1.53. The highest BCUT2D eigenvalue weighted by molar-refractivity contribution is 5.44. The minimum Gasteiger partial charge on any atom is -0.493 e. The molecular weight excluding hydrogens is 336 g/mol. The summed E-state index contributed by atoms with van der Waals surface area (Å²) in [6.45, 7) is 4.96. The highest BCUT2D eigenvalue weighted by atomic mass is 16.5. The van der Waals surface area contributed by atoms with Crippen molar-refractivity contribution in [1.29, 1.82) is 0 Å². The number of hydrogen-bond donors (Lipinski definition) is 1. The summed E-state index contributed by atoms with van der Waals surface area (Å²) in [4.78, 5) is 2.65. The van der Waals surface area contributed by atoms with Crippen LogP contribution in [0.15, 0.2) is 48.5 Å². The van der Waals surface area contributed by atoms with Crippen LogP contribution in [0.4, 0.5) is 0 Å². The van der Waals surface area contributed by atoms with E-state index in [9.17, 15) is 0 Å². The molecule has 0 unspecified atom stereocenters. The summed E-state index contributed by atoms with van der Waals surface area (Å²) in [6, 6.07) is 17.3. The van der Waals surface area contributed by atoms with Crippen LogP contribution in [-0.4, -0.2) is 38.2 Å². The van der Waals surface area contributed by atoms with Crippen molar-refractivity contribution in [3.8, 4) is 11.5 Å². The van der Waals surface area contributed by atoms with E-state index in [0.29, 0.717) is 12.6 Å². The first-order valence-corrected chi connectivity index (χ1v) is 10.1. The molecule has 2 aromatic carbocycles. The van der Waals surface area contributed by atoms with Gasteiger partial charge in [0.2, 0.25) is 0 Å². The molecule has 1 saturated heterocycles. The Hall–Kier alpha value is -2.04. The molecule has 2 aromatic rings. The Bertz CT molecular complexity index is 724. The summed E-state index contributed by atoms with van der Waals surface area (Å²) < 4.78 is 11.7. The number of benzene rings is 2. The second kappa shape index (κ2) is 8.77. The third kappa shape index (κ3) is 4.28. The first-order chi connectivity index (χ1) is 13.3. The molecule has 1 N–H and O–H groups in total. The molecule has 144 valence electrons. The lowest BCUT2D eigenvalue weighted by Crippen LogP contribution is -2.47. The van der Waals surface area contributed by atoms with Gasteiger partial charge in [-0.15, -0.1) is 0 Å². The fourth-order valence-corrected chi connectivity index (χ4v) is 4.22. The maximum Gasteiger partial charge on any atom is 0.161 e. The average molecular weight is 367 g/mol. The zero-order valence-corrected chi connectivity index (χ0v) is 16.2. The number of nitrogens with one attached hydrogen (secondary N) is 1. The second-order valence-electron chi connectivity index (χ2n) is 7.61. The Labute approximate surface area is 162 Å². The van der Waals surface area contributed by atoms with Gasteiger partial charge in [0.05, 0.1) is 7.11 Å². The summed E-state index contributed by atoms with van der Waals surface area (Å²) in [7, 11) is 1.73. The van der Waals surface area contributed by atoms with Gasteiger partial charge in [-0.3, -0.25) is 4.90 Å². The van der Waals surface area contributed by atoms with Crippen molar-refractivity contribution < 1.29 is 9.47 Å². The van der Waals surface area contributed by atoms with Crippen molar-refractivity contribution in [3.63, 3.8) is 0 Å². The molecule has 27 heavy (non-hydrogen) atoms. The predicted octanol–water partition coefficient (Wildman–Crippen LogP) is 4.02. The quantitative estimate of drug-likeness (QED) is 0.802. The summed E-state index contributed by atoms with van der Waals surface area (Å²) >= 11 is 0. The number of piperazine rings is 1. The van der Waals surface area contributed by atoms with Gasteiger partial charge in [0.25, 0.3) is 0 Å². The molecule has 2 fully saturated rings. The fourth-order valence-electron chi connectivity index (χ4n) is 4.22. The van der Waals surface area contributed by atoms with Crippen molar-refractivity contribution in [2.24, 2.45) is 5.92 Å². The van der Waals surface area contributed by atoms with Crippen LogP contribution in [0, 0.1) is 5.92 Å². The molecule has 4 nitrogen and oxygen atoms in total. The molecule has 0 radical (unpaired) electrons. The second-order valence-corrected chi connectivity index (χ2v) is 7.61. The van der Waals surface area contributed by atoms with Crippen molar-refractivity contribution in [2.75, 3.05) is 33.3 Å². The summed E-state index contributed by atoms with van der Waals surface area (Å²) in [5.41, 5.74) is 2.53. The Kier molecular flexibility index (Phi) is 5.95. The highest BCUT2D eigenvalue weighted by Crippen LogP contribution is 2.43. The number of rotatable bonds is 7. The summed E-state index contributed by atoms with van der Waals surface area (Å²) in [5, 5.41) is 3.47. The number of hydrogen-bond acceptors (Lipinski definition) is 4. The van der Waals surface area contributed by atoms with E-state index in [0.717, 1.165) is 49.2 Å². The predicted molar refractivity (Wildman–Crippen MR) is 108 cm³/mol. The first kappa shape index (κ1) is 18.3. The lowest BCUT2D eigenvalue weighted by Gasteiger charge is -2.43. The lowest BCUT2D eigenvalue weighted by molar-refractivity contribution is 0.0835. The molecule has 1 atom stereocenters. The topological polar surface area (TPSA) is 33.7 Å². The minimum absolute atomic E-state index is 0.498. The van der Waals surface area contributed by atoms with Crippen LogP contribution in [0.3, 0.4) is 0 Å². The lowest BCUT2D eigenvalue weighted by atomic mass is 9.76. The van der Waals surface area contributed by atoms with Crippen LogP contribution >= 0.6 is 0 Å². The van der Waals surface area contributed by atoms with Crippen LogP contribution in [-0.2, 0) is 6.61 Å². The Morgan fingerprint density at radius 1 is 1.04 bits per heavy atom. The van der Waals surface area contributed by atoms with Gasteiger partial charge in [-0.05, 0) is 42.0 Å². The van der Waals surface area contributed by atoms with E-state index in [-0.39, 0.29) is 0 Å². The van der Waals surface area contributed by atoms with Gasteiger partial charge in [-0.2, -0.15) is 0 Å². The maximum absolute atomic E-state index is 6.05. The van der Waals surface area contributed by atoms with Crippen LogP contribution in [0.1, 0.15) is 36.4 Å². The van der Waals surface area contributed by atoms with E-state index in [1.165, 1.54) is 24.8 Å². The first-order valence-electron chi connectivity index (χ1n) is 10.1. The monoisotopic (exact) mass is 366 g/mol. The SMILES string of the molecule is COc1cc([C@H](C2CCC2)N2CCNCC2)ccc1OCc1ccccc1. The molecule has 0 amide bonds. The number of nitrogens with zero attached hydrogens (tertiary/aromatic N) is 1. The van der Waals surface area contributed by atoms with Gasteiger partial charge in [-0.25, -0.2) is 0 Å². The molecule has 0 bridgehead atoms. The molecule has 1 saturated carbocycles. The van der Waals surface area contributed by atoms with E-state index in [1.54, 1.807) is 7.11 Å². The van der Waals surface area contributed by atoms with Gasteiger partial charge in [0.1, 0.15) is 6.61 Å². The van der Waals surface area contributed by atoms with E-state index >= 15 is 0 Å². The third-order valence-corrected chi connectivity index (χ3v) is 5.91. The molecule has 4 rings (SSSR count). The van der Waals surface area contributed by atoms with Gasteiger partial charge in [0, 0.05) is 32.2 Å².